The number of nitrogen functional groups attached to an aromatic ring is 1. The van der Waals surface area contributed by atoms with Crippen molar-refractivity contribution < 1.29 is 9.53 Å². The van der Waals surface area contributed by atoms with E-state index in [4.69, 9.17) is 22.1 Å². The number of anilines is 2. The van der Waals surface area contributed by atoms with Crippen molar-refractivity contribution in [1.82, 2.24) is 4.90 Å². The number of ether oxygens (including phenoxy) is 1. The fraction of sp³-hybridized carbons (Fsp3) is 0.533. The third-order valence-electron chi connectivity index (χ3n) is 3.73. The van der Waals surface area contributed by atoms with E-state index in [-0.39, 0.29) is 5.91 Å². The van der Waals surface area contributed by atoms with Crippen molar-refractivity contribution >= 4 is 28.9 Å². The minimum Gasteiger partial charge on any atom is -0.397 e. The second kappa shape index (κ2) is 7.64. The van der Waals surface area contributed by atoms with Crippen molar-refractivity contribution in [2.45, 2.75) is 25.4 Å². The van der Waals surface area contributed by atoms with Gasteiger partial charge in [0.1, 0.15) is 0 Å². The van der Waals surface area contributed by atoms with E-state index >= 15 is 0 Å². The number of halogens is 1. The Labute approximate surface area is 130 Å². The zero-order chi connectivity index (χ0) is 15.2. The number of carbonyl (C=O) groups excluding carboxylic acids is 1. The van der Waals surface area contributed by atoms with Gasteiger partial charge in [-0.2, -0.15) is 0 Å². The predicted molar refractivity (Wildman–Crippen MR) is 85.6 cm³/mol. The number of benzene rings is 1. The van der Waals surface area contributed by atoms with Crippen LogP contribution in [-0.2, 0) is 9.53 Å². The quantitative estimate of drug-likeness (QED) is 0.791. The van der Waals surface area contributed by atoms with Crippen LogP contribution in [0.2, 0.25) is 5.02 Å². The SMILES string of the molecule is COC1CCN(CCCC(=O)Nc2cc(Cl)ccc2N)C1. The molecule has 1 aromatic carbocycles. The first-order chi connectivity index (χ1) is 10.1. The Hall–Kier alpha value is -1.30. The van der Waals surface area contributed by atoms with Gasteiger partial charge in [0.15, 0.2) is 0 Å². The number of methoxy groups -OCH3 is 1. The highest BCUT2D eigenvalue weighted by Gasteiger charge is 2.21. The smallest absolute Gasteiger partial charge is 0.224 e. The number of rotatable bonds is 6. The van der Waals surface area contributed by atoms with Crippen LogP contribution in [0.4, 0.5) is 11.4 Å². The molecule has 21 heavy (non-hydrogen) atoms. The third-order valence-corrected chi connectivity index (χ3v) is 3.97. The fourth-order valence-corrected chi connectivity index (χ4v) is 2.68. The summed E-state index contributed by atoms with van der Waals surface area (Å²) in [6.45, 7) is 2.92. The number of hydrogen-bond acceptors (Lipinski definition) is 4. The van der Waals surface area contributed by atoms with E-state index in [0.29, 0.717) is 28.9 Å². The highest BCUT2D eigenvalue weighted by atomic mass is 35.5. The molecule has 1 amide bonds. The summed E-state index contributed by atoms with van der Waals surface area (Å²) in [6, 6.07) is 5.05. The average molecular weight is 312 g/mol. The van der Waals surface area contributed by atoms with Gasteiger partial charge in [-0.15, -0.1) is 0 Å². The Morgan fingerprint density at radius 2 is 2.38 bits per heavy atom. The molecular weight excluding hydrogens is 290 g/mol. The largest absolute Gasteiger partial charge is 0.397 e. The first kappa shape index (κ1) is 16.1. The van der Waals surface area contributed by atoms with Gasteiger partial charge in [0.2, 0.25) is 5.91 Å². The Morgan fingerprint density at radius 3 is 3.10 bits per heavy atom. The predicted octanol–water partition coefficient (Wildman–Crippen LogP) is 2.36. The fourth-order valence-electron chi connectivity index (χ4n) is 2.51. The van der Waals surface area contributed by atoms with E-state index in [2.05, 4.69) is 10.2 Å². The molecule has 1 aliphatic rings. The van der Waals surface area contributed by atoms with E-state index in [1.165, 1.54) is 0 Å². The first-order valence-corrected chi connectivity index (χ1v) is 7.56. The van der Waals surface area contributed by atoms with E-state index in [1.54, 1.807) is 25.3 Å². The van der Waals surface area contributed by atoms with Crippen molar-refractivity contribution in [3.8, 4) is 0 Å². The number of nitrogens with zero attached hydrogens (tertiary/aromatic N) is 1. The van der Waals surface area contributed by atoms with Crippen molar-refractivity contribution in [2.75, 3.05) is 37.8 Å². The monoisotopic (exact) mass is 311 g/mol. The van der Waals surface area contributed by atoms with E-state index in [1.807, 2.05) is 0 Å². The summed E-state index contributed by atoms with van der Waals surface area (Å²) in [5, 5.41) is 3.36. The third kappa shape index (κ3) is 4.88. The van der Waals surface area contributed by atoms with Crippen molar-refractivity contribution in [1.29, 1.82) is 0 Å². The molecule has 1 unspecified atom stereocenters. The zero-order valence-electron chi connectivity index (χ0n) is 12.3. The van der Waals surface area contributed by atoms with Crippen LogP contribution in [0, 0.1) is 0 Å². The maximum absolute atomic E-state index is 11.9. The van der Waals surface area contributed by atoms with Crippen LogP contribution in [0.5, 0.6) is 0 Å². The standard InChI is InChI=1S/C15H22ClN3O2/c1-21-12-6-8-19(10-12)7-2-3-15(20)18-14-9-11(16)4-5-13(14)17/h4-5,9,12H,2-3,6-8,10,17H2,1H3,(H,18,20). The number of nitrogens with two attached hydrogens (primary N) is 1. The molecule has 0 aromatic heterocycles. The molecule has 1 atom stereocenters. The van der Waals surface area contributed by atoms with Gasteiger partial charge < -0.3 is 20.7 Å². The van der Waals surface area contributed by atoms with E-state index in [0.717, 1.165) is 32.5 Å². The maximum Gasteiger partial charge on any atom is 0.224 e. The Bertz CT molecular complexity index is 496. The summed E-state index contributed by atoms with van der Waals surface area (Å²) in [7, 11) is 1.75. The van der Waals surface area contributed by atoms with Crippen LogP contribution in [0.1, 0.15) is 19.3 Å². The maximum atomic E-state index is 11.9. The minimum absolute atomic E-state index is 0.0357. The lowest BCUT2D eigenvalue weighted by molar-refractivity contribution is -0.116. The van der Waals surface area contributed by atoms with Crippen LogP contribution >= 0.6 is 11.6 Å². The molecule has 1 aliphatic heterocycles. The van der Waals surface area contributed by atoms with Gasteiger partial charge in [0.05, 0.1) is 17.5 Å². The van der Waals surface area contributed by atoms with Gasteiger partial charge in [-0.1, -0.05) is 11.6 Å². The van der Waals surface area contributed by atoms with Crippen LogP contribution in [0.15, 0.2) is 18.2 Å². The van der Waals surface area contributed by atoms with Crippen LogP contribution in [0.25, 0.3) is 0 Å². The molecule has 6 heteroatoms. The lowest BCUT2D eigenvalue weighted by atomic mass is 10.2. The molecule has 0 aliphatic carbocycles. The minimum atomic E-state index is -0.0357. The van der Waals surface area contributed by atoms with E-state index < -0.39 is 0 Å². The molecule has 0 radical (unpaired) electrons. The molecular formula is C15H22ClN3O2. The van der Waals surface area contributed by atoms with Gasteiger partial charge in [0.25, 0.3) is 0 Å². The molecule has 1 saturated heterocycles. The Morgan fingerprint density at radius 1 is 1.57 bits per heavy atom. The summed E-state index contributed by atoms with van der Waals surface area (Å²) < 4.78 is 5.32. The molecule has 1 aromatic rings. The van der Waals surface area contributed by atoms with Gasteiger partial charge in [-0.25, -0.2) is 0 Å². The Kier molecular flexibility index (Phi) is 5.85. The Balaban J connectivity index is 1.71. The van der Waals surface area contributed by atoms with Crippen LogP contribution in [0.3, 0.4) is 0 Å². The van der Waals surface area contributed by atoms with Crippen molar-refractivity contribution in [3.63, 3.8) is 0 Å². The molecule has 5 nitrogen and oxygen atoms in total. The summed E-state index contributed by atoms with van der Waals surface area (Å²) in [4.78, 5) is 14.2. The highest BCUT2D eigenvalue weighted by molar-refractivity contribution is 6.31. The molecule has 0 bridgehead atoms. The molecule has 2 rings (SSSR count). The number of nitrogens with one attached hydrogen (secondary N) is 1. The molecule has 0 saturated carbocycles. The van der Waals surface area contributed by atoms with Gasteiger partial charge in [-0.05, 0) is 37.6 Å². The molecule has 116 valence electrons. The molecule has 3 N–H and O–H groups in total. The average Bonchev–Trinajstić information content (AvgIpc) is 2.91. The van der Waals surface area contributed by atoms with Crippen LogP contribution < -0.4 is 11.1 Å². The summed E-state index contributed by atoms with van der Waals surface area (Å²) in [6.07, 6.45) is 2.70. The highest BCUT2D eigenvalue weighted by Crippen LogP contribution is 2.23. The first-order valence-electron chi connectivity index (χ1n) is 7.18. The number of hydrogen-bond donors (Lipinski definition) is 2. The topological polar surface area (TPSA) is 67.6 Å². The summed E-state index contributed by atoms with van der Waals surface area (Å²) in [5.74, 6) is -0.0357. The number of amides is 1. The van der Waals surface area contributed by atoms with E-state index in [9.17, 15) is 4.79 Å². The van der Waals surface area contributed by atoms with Gasteiger partial charge in [-0.3, -0.25) is 4.79 Å². The molecule has 0 spiro atoms. The summed E-state index contributed by atoms with van der Waals surface area (Å²) in [5.41, 5.74) is 6.90. The lowest BCUT2D eigenvalue weighted by Crippen LogP contribution is -2.25. The molecule has 1 fully saturated rings. The number of likely N-dealkylation sites (tertiary alicyclic amines) is 1. The van der Waals surface area contributed by atoms with Crippen LogP contribution in [-0.4, -0.2) is 43.7 Å². The zero-order valence-corrected chi connectivity index (χ0v) is 13.0. The van der Waals surface area contributed by atoms with Gasteiger partial charge in [0, 0.05) is 31.6 Å². The second-order valence-corrected chi connectivity index (χ2v) is 5.77. The second-order valence-electron chi connectivity index (χ2n) is 5.33. The number of carbonyl (C=O) groups is 1. The summed E-state index contributed by atoms with van der Waals surface area (Å²) >= 11 is 5.89. The lowest BCUT2D eigenvalue weighted by Gasteiger charge is -2.15. The molecule has 1 heterocycles. The normalized spacial score (nSPS) is 18.9. The van der Waals surface area contributed by atoms with Crippen molar-refractivity contribution in [2.24, 2.45) is 0 Å². The van der Waals surface area contributed by atoms with Crippen molar-refractivity contribution in [3.05, 3.63) is 23.2 Å². The van der Waals surface area contributed by atoms with Gasteiger partial charge >= 0.3 is 0 Å².